The Labute approximate surface area is 230 Å². The molecule has 204 valence electrons. The molecule has 0 fully saturated rings. The number of cyclic esters (lactones) is 1. The molecule has 0 saturated carbocycles. The number of halogens is 1. The maximum Gasteiger partial charge on any atom is 0.343 e. The van der Waals surface area contributed by atoms with Crippen molar-refractivity contribution in [2.24, 2.45) is 0 Å². The summed E-state index contributed by atoms with van der Waals surface area (Å²) in [7, 11) is 2.11. The van der Waals surface area contributed by atoms with Gasteiger partial charge in [0.15, 0.2) is 5.60 Å². The minimum absolute atomic E-state index is 0.0361. The second-order valence-corrected chi connectivity index (χ2v) is 11.3. The average molecular weight is 540 g/mol. The van der Waals surface area contributed by atoms with Crippen molar-refractivity contribution in [3.05, 3.63) is 97.6 Å². The van der Waals surface area contributed by atoms with E-state index in [9.17, 15) is 14.7 Å². The third kappa shape index (κ3) is 3.39. The normalized spacial score (nSPS) is 20.9. The fourth-order valence-corrected chi connectivity index (χ4v) is 6.95. The summed E-state index contributed by atoms with van der Waals surface area (Å²) < 4.78 is 22.0. The van der Waals surface area contributed by atoms with Gasteiger partial charge in [-0.2, -0.15) is 0 Å². The molecule has 2 atom stereocenters. The van der Waals surface area contributed by atoms with Gasteiger partial charge in [-0.15, -0.1) is 0 Å². The number of hydrogen-bond donors (Lipinski definition) is 1. The first-order valence-corrected chi connectivity index (χ1v) is 13.8. The van der Waals surface area contributed by atoms with Gasteiger partial charge in [0, 0.05) is 35.2 Å². The van der Waals surface area contributed by atoms with Gasteiger partial charge in [-0.3, -0.25) is 9.69 Å². The molecular weight excluding hydrogens is 509 g/mol. The highest BCUT2D eigenvalue weighted by atomic mass is 19.1. The zero-order valence-electron chi connectivity index (χ0n) is 22.8. The number of ether oxygens (including phenoxy) is 1. The highest BCUT2D eigenvalue weighted by Crippen LogP contribution is 2.47. The fourth-order valence-electron chi connectivity index (χ4n) is 6.95. The summed E-state index contributed by atoms with van der Waals surface area (Å²) in [6.07, 6.45) is 1.62. The van der Waals surface area contributed by atoms with Crippen molar-refractivity contribution in [3.63, 3.8) is 0 Å². The molecule has 2 aromatic carbocycles. The summed E-state index contributed by atoms with van der Waals surface area (Å²) in [5, 5.41) is 12.2. The third-order valence-corrected chi connectivity index (χ3v) is 9.15. The van der Waals surface area contributed by atoms with Crippen LogP contribution in [0.2, 0.25) is 0 Å². The molecule has 3 aliphatic rings. The molecule has 0 radical (unpaired) electrons. The number of carbonyl (C=O) groups is 1. The van der Waals surface area contributed by atoms with Gasteiger partial charge >= 0.3 is 5.97 Å². The van der Waals surface area contributed by atoms with Gasteiger partial charge in [-0.25, -0.2) is 14.2 Å². The SMILES string of the molecule is CC[C@@]1(O)C(=O)OCc2c1cc1n(c2=O)Cc2c-1nc1cc(F)c(C)c3c1c2[C@@H](N(C)Cc1ccccc1)CC3. The summed E-state index contributed by atoms with van der Waals surface area (Å²) in [6, 6.07) is 13.5. The molecule has 0 spiro atoms. The Kier molecular flexibility index (Phi) is 5.53. The van der Waals surface area contributed by atoms with Gasteiger partial charge in [-0.05, 0) is 61.6 Å². The van der Waals surface area contributed by atoms with Crippen LogP contribution in [0.1, 0.15) is 64.8 Å². The lowest BCUT2D eigenvalue weighted by molar-refractivity contribution is -0.172. The number of nitrogens with zero attached hydrogens (tertiary/aromatic N) is 3. The van der Waals surface area contributed by atoms with Crippen LogP contribution in [0, 0.1) is 12.7 Å². The monoisotopic (exact) mass is 539 g/mol. The van der Waals surface area contributed by atoms with Gasteiger partial charge in [0.25, 0.3) is 5.56 Å². The average Bonchev–Trinajstić information content (AvgIpc) is 3.33. The quantitative estimate of drug-likeness (QED) is 0.335. The standard InChI is InChI=1S/C32H30FN3O4/c1-4-32(39)22-12-26-29-20(15-36(26)30(37)21(22)16-40-31(32)38)28-25(35(3)14-18-8-6-5-7-9-18)11-10-19-17(2)23(33)13-24(34-29)27(19)28/h5-9,12-13,25,39H,4,10-11,14-16H2,1-3H3/t25-,32-/m0/s1. The molecule has 4 heterocycles. The van der Waals surface area contributed by atoms with E-state index in [4.69, 9.17) is 9.72 Å². The van der Waals surface area contributed by atoms with E-state index in [-0.39, 0.29) is 36.0 Å². The number of rotatable bonds is 4. The van der Waals surface area contributed by atoms with Gasteiger partial charge in [-0.1, -0.05) is 37.3 Å². The van der Waals surface area contributed by atoms with Crippen LogP contribution in [0.4, 0.5) is 4.39 Å². The Morgan fingerprint density at radius 2 is 1.95 bits per heavy atom. The van der Waals surface area contributed by atoms with Crippen LogP contribution in [0.5, 0.6) is 0 Å². The summed E-state index contributed by atoms with van der Waals surface area (Å²) in [5.41, 5.74) is 4.93. The Morgan fingerprint density at radius 1 is 1.18 bits per heavy atom. The molecule has 8 heteroatoms. The Bertz CT molecular complexity index is 1800. The van der Waals surface area contributed by atoms with Crippen LogP contribution in [0.25, 0.3) is 22.3 Å². The number of esters is 1. The molecule has 1 N–H and O–H groups in total. The molecule has 1 aliphatic carbocycles. The molecule has 2 aliphatic heterocycles. The maximum atomic E-state index is 15.1. The number of carbonyl (C=O) groups excluding carboxylic acids is 1. The molecular formula is C32H30FN3O4. The second-order valence-electron chi connectivity index (χ2n) is 11.3. The van der Waals surface area contributed by atoms with Gasteiger partial charge < -0.3 is 14.4 Å². The Hall–Kier alpha value is -3.88. The minimum atomic E-state index is -1.90. The van der Waals surface area contributed by atoms with Crippen molar-refractivity contribution >= 4 is 16.9 Å². The number of fused-ring (bicyclic) bond motifs is 5. The molecule has 7 nitrogen and oxygen atoms in total. The van der Waals surface area contributed by atoms with E-state index in [2.05, 4.69) is 24.1 Å². The van der Waals surface area contributed by atoms with Crippen molar-refractivity contribution in [1.29, 1.82) is 0 Å². The number of pyridine rings is 2. The van der Waals surface area contributed by atoms with Crippen molar-refractivity contribution in [3.8, 4) is 11.4 Å². The molecule has 4 aromatic rings. The van der Waals surface area contributed by atoms with E-state index < -0.39 is 11.6 Å². The van der Waals surface area contributed by atoms with E-state index in [0.717, 1.165) is 41.5 Å². The van der Waals surface area contributed by atoms with Crippen LogP contribution in [0.3, 0.4) is 0 Å². The van der Waals surface area contributed by atoms with E-state index in [1.807, 2.05) is 25.1 Å². The van der Waals surface area contributed by atoms with E-state index in [1.165, 1.54) is 11.6 Å². The third-order valence-electron chi connectivity index (χ3n) is 9.15. The smallest absolute Gasteiger partial charge is 0.343 e. The zero-order valence-corrected chi connectivity index (χ0v) is 22.8. The number of aryl methyl sites for hydroxylation is 1. The van der Waals surface area contributed by atoms with Crippen LogP contribution in [-0.4, -0.2) is 32.6 Å². The molecule has 0 amide bonds. The van der Waals surface area contributed by atoms with Crippen LogP contribution >= 0.6 is 0 Å². The van der Waals surface area contributed by atoms with Gasteiger partial charge in [0.2, 0.25) is 0 Å². The van der Waals surface area contributed by atoms with Crippen molar-refractivity contribution in [2.75, 3.05) is 7.05 Å². The van der Waals surface area contributed by atoms with Crippen LogP contribution in [-0.2, 0) is 41.2 Å². The summed E-state index contributed by atoms with van der Waals surface area (Å²) in [4.78, 5) is 33.6. The van der Waals surface area contributed by atoms with E-state index >= 15 is 4.39 Å². The first kappa shape index (κ1) is 25.1. The molecule has 40 heavy (non-hydrogen) atoms. The number of hydrogen-bond acceptors (Lipinski definition) is 6. The minimum Gasteiger partial charge on any atom is -0.458 e. The highest BCUT2D eigenvalue weighted by molar-refractivity contribution is 5.93. The van der Waals surface area contributed by atoms with Gasteiger partial charge in [0.05, 0.1) is 29.0 Å². The Morgan fingerprint density at radius 3 is 2.70 bits per heavy atom. The predicted molar refractivity (Wildman–Crippen MR) is 148 cm³/mol. The number of aromatic nitrogens is 2. The van der Waals surface area contributed by atoms with E-state index in [1.54, 1.807) is 17.6 Å². The topological polar surface area (TPSA) is 84.7 Å². The lowest BCUT2D eigenvalue weighted by Crippen LogP contribution is -2.44. The van der Waals surface area contributed by atoms with E-state index in [0.29, 0.717) is 34.6 Å². The predicted octanol–water partition coefficient (Wildman–Crippen LogP) is 4.65. The molecule has 0 bridgehead atoms. The lowest BCUT2D eigenvalue weighted by atomic mass is 9.81. The first-order valence-electron chi connectivity index (χ1n) is 13.8. The fraction of sp³-hybridized carbons (Fsp3) is 0.344. The number of benzene rings is 2. The van der Waals surface area contributed by atoms with Crippen molar-refractivity contribution in [1.82, 2.24) is 14.5 Å². The summed E-state index contributed by atoms with van der Waals surface area (Å²) >= 11 is 0. The molecule has 2 aromatic heterocycles. The van der Waals surface area contributed by atoms with Gasteiger partial charge in [0.1, 0.15) is 12.4 Å². The molecule has 0 saturated heterocycles. The summed E-state index contributed by atoms with van der Waals surface area (Å²) in [6.45, 7) is 4.39. The Balaban J connectivity index is 1.47. The van der Waals surface area contributed by atoms with Crippen LogP contribution < -0.4 is 5.56 Å². The summed E-state index contributed by atoms with van der Waals surface area (Å²) in [5.74, 6) is -1.04. The largest absolute Gasteiger partial charge is 0.458 e. The highest BCUT2D eigenvalue weighted by Gasteiger charge is 2.46. The zero-order chi connectivity index (χ0) is 27.9. The maximum absolute atomic E-state index is 15.1. The first-order chi connectivity index (χ1) is 19.2. The van der Waals surface area contributed by atoms with Crippen LogP contribution in [0.15, 0.2) is 47.3 Å². The molecule has 7 rings (SSSR count). The van der Waals surface area contributed by atoms with Crippen molar-refractivity contribution in [2.45, 2.75) is 64.4 Å². The number of aliphatic hydroxyl groups is 1. The molecule has 0 unspecified atom stereocenters. The second kappa shape index (κ2) is 8.81. The lowest BCUT2D eigenvalue weighted by Gasteiger charge is -2.35. The van der Waals surface area contributed by atoms with Crippen molar-refractivity contribution < 1.29 is 19.0 Å².